The molecule has 21 heavy (non-hydrogen) atoms. The maximum Gasteiger partial charge on any atom is 0.326 e. The second-order valence-corrected chi connectivity index (χ2v) is 5.33. The average Bonchev–Trinajstić information content (AvgIpc) is 2.36. The van der Waals surface area contributed by atoms with Crippen molar-refractivity contribution in [2.45, 2.75) is 44.1 Å². The van der Waals surface area contributed by atoms with E-state index in [-0.39, 0.29) is 12.0 Å². The normalized spacial score (nSPS) is 17.7. The number of hydrogen-bond donors (Lipinski definition) is 2. The molecule has 1 aromatic rings. The number of carbonyl (C=O) groups is 2. The molecule has 1 saturated carbocycles. The highest BCUT2D eigenvalue weighted by molar-refractivity contribution is 5.92. The van der Waals surface area contributed by atoms with Gasteiger partial charge in [0.25, 0.3) is 0 Å². The number of hydrogen-bond acceptors (Lipinski definition) is 2. The molecule has 0 aromatic heterocycles. The Morgan fingerprint density at radius 1 is 1.38 bits per heavy atom. The number of carboxylic acid groups (broad SMARTS) is 1. The number of nitrogens with one attached hydrogen (secondary N) is 1. The van der Waals surface area contributed by atoms with Crippen molar-refractivity contribution in [3.8, 4) is 0 Å². The van der Waals surface area contributed by atoms with Crippen molar-refractivity contribution in [3.05, 3.63) is 35.4 Å². The minimum atomic E-state index is -1.13. The second-order valence-electron chi connectivity index (χ2n) is 5.33. The molecule has 0 saturated heterocycles. The van der Waals surface area contributed by atoms with Crippen LogP contribution in [-0.4, -0.2) is 23.0 Å². The molecule has 1 amide bonds. The predicted molar refractivity (Wildman–Crippen MR) is 71.7 cm³/mol. The van der Waals surface area contributed by atoms with Crippen molar-refractivity contribution >= 4 is 11.9 Å². The summed E-state index contributed by atoms with van der Waals surface area (Å²) in [5, 5.41) is 11.5. The van der Waals surface area contributed by atoms with Crippen LogP contribution in [0.5, 0.6) is 0 Å². The van der Waals surface area contributed by atoms with Crippen LogP contribution in [0.25, 0.3) is 0 Å². The predicted octanol–water partition coefficient (Wildman–Crippen LogP) is 2.37. The van der Waals surface area contributed by atoms with Crippen LogP contribution < -0.4 is 5.32 Å². The highest BCUT2D eigenvalue weighted by Crippen LogP contribution is 2.45. The van der Waals surface area contributed by atoms with Gasteiger partial charge in [-0.3, -0.25) is 4.79 Å². The van der Waals surface area contributed by atoms with E-state index in [1.807, 2.05) is 0 Å². The van der Waals surface area contributed by atoms with E-state index in [4.69, 9.17) is 5.11 Å². The molecule has 1 atom stereocenters. The van der Waals surface area contributed by atoms with Crippen LogP contribution in [0.3, 0.4) is 0 Å². The highest BCUT2D eigenvalue weighted by atomic mass is 19.1. The zero-order chi connectivity index (χ0) is 15.6. The topological polar surface area (TPSA) is 66.4 Å². The van der Waals surface area contributed by atoms with Gasteiger partial charge in [0.2, 0.25) is 5.91 Å². The van der Waals surface area contributed by atoms with Crippen molar-refractivity contribution in [3.63, 3.8) is 0 Å². The monoisotopic (exact) mass is 297 g/mol. The van der Waals surface area contributed by atoms with E-state index in [0.717, 1.165) is 18.6 Å². The van der Waals surface area contributed by atoms with Crippen LogP contribution in [0.4, 0.5) is 8.78 Å². The fraction of sp³-hybridized carbons (Fsp3) is 0.467. The molecule has 0 bridgehead atoms. The lowest BCUT2D eigenvalue weighted by molar-refractivity contribution is -0.143. The first kappa shape index (κ1) is 15.4. The standard InChI is InChI=1S/C15H17F2NO3/c1-2-12(13(19)20)18-14(21)15(6-3-7-15)10-5-4-9(16)8-11(10)17/h4-5,8,12H,2-3,6-7H2,1H3,(H,18,21)(H,19,20). The maximum absolute atomic E-state index is 14.0. The number of benzene rings is 1. The second kappa shape index (κ2) is 5.79. The van der Waals surface area contributed by atoms with Gasteiger partial charge in [-0.05, 0) is 25.3 Å². The van der Waals surface area contributed by atoms with Crippen LogP contribution in [-0.2, 0) is 15.0 Å². The average molecular weight is 297 g/mol. The molecule has 114 valence electrons. The van der Waals surface area contributed by atoms with E-state index in [0.29, 0.717) is 12.8 Å². The molecule has 0 heterocycles. The fourth-order valence-corrected chi connectivity index (χ4v) is 2.66. The van der Waals surface area contributed by atoms with Gasteiger partial charge >= 0.3 is 5.97 Å². The number of halogens is 2. The number of carbonyl (C=O) groups excluding carboxylic acids is 1. The summed E-state index contributed by atoms with van der Waals surface area (Å²) in [6.07, 6.45) is 1.84. The van der Waals surface area contributed by atoms with Crippen LogP contribution >= 0.6 is 0 Å². The first-order chi connectivity index (χ1) is 9.90. The summed E-state index contributed by atoms with van der Waals surface area (Å²) in [6, 6.07) is 2.13. The minimum absolute atomic E-state index is 0.132. The molecule has 6 heteroatoms. The molecule has 1 aliphatic rings. The molecule has 1 aliphatic carbocycles. The molecule has 0 spiro atoms. The fourth-order valence-electron chi connectivity index (χ4n) is 2.66. The van der Waals surface area contributed by atoms with Crippen molar-refractivity contribution in [2.24, 2.45) is 0 Å². The Morgan fingerprint density at radius 3 is 2.48 bits per heavy atom. The Labute approximate surface area is 121 Å². The van der Waals surface area contributed by atoms with Gasteiger partial charge in [-0.15, -0.1) is 0 Å². The molecular weight excluding hydrogens is 280 g/mol. The van der Waals surface area contributed by atoms with Crippen molar-refractivity contribution in [2.75, 3.05) is 0 Å². The van der Waals surface area contributed by atoms with E-state index in [2.05, 4.69) is 5.32 Å². The van der Waals surface area contributed by atoms with E-state index >= 15 is 0 Å². The third-order valence-corrected chi connectivity index (χ3v) is 4.10. The van der Waals surface area contributed by atoms with Crippen molar-refractivity contribution in [1.82, 2.24) is 5.32 Å². The Hall–Kier alpha value is -1.98. The summed E-state index contributed by atoms with van der Waals surface area (Å²) in [6.45, 7) is 1.64. The zero-order valence-electron chi connectivity index (χ0n) is 11.7. The van der Waals surface area contributed by atoms with E-state index < -0.39 is 35.0 Å². The number of carboxylic acids is 1. The SMILES string of the molecule is CCC(NC(=O)C1(c2ccc(F)cc2F)CCC1)C(=O)O. The van der Waals surface area contributed by atoms with Crippen molar-refractivity contribution < 1.29 is 23.5 Å². The van der Waals surface area contributed by atoms with Gasteiger partial charge in [0, 0.05) is 11.6 Å². The van der Waals surface area contributed by atoms with Crippen LogP contribution in [0, 0.1) is 11.6 Å². The summed E-state index contributed by atoms with van der Waals surface area (Å²) in [7, 11) is 0. The Morgan fingerprint density at radius 2 is 2.05 bits per heavy atom. The van der Waals surface area contributed by atoms with Gasteiger partial charge in [0.15, 0.2) is 0 Å². The largest absolute Gasteiger partial charge is 0.480 e. The van der Waals surface area contributed by atoms with Gasteiger partial charge in [-0.1, -0.05) is 19.4 Å². The molecule has 1 aromatic carbocycles. The summed E-state index contributed by atoms with van der Waals surface area (Å²) in [5.74, 6) is -3.11. The smallest absolute Gasteiger partial charge is 0.326 e. The van der Waals surface area contributed by atoms with E-state index in [1.165, 1.54) is 6.07 Å². The Balaban J connectivity index is 2.29. The van der Waals surface area contributed by atoms with Crippen LogP contribution in [0.1, 0.15) is 38.2 Å². The third-order valence-electron chi connectivity index (χ3n) is 4.10. The molecule has 0 radical (unpaired) electrons. The number of rotatable bonds is 5. The zero-order valence-corrected chi connectivity index (χ0v) is 11.7. The third kappa shape index (κ3) is 2.75. The van der Waals surface area contributed by atoms with Crippen molar-refractivity contribution in [1.29, 1.82) is 0 Å². The molecule has 1 fully saturated rings. The van der Waals surface area contributed by atoms with E-state index in [1.54, 1.807) is 6.92 Å². The number of amides is 1. The number of aliphatic carboxylic acids is 1. The lowest BCUT2D eigenvalue weighted by atomic mass is 9.63. The molecule has 4 nitrogen and oxygen atoms in total. The van der Waals surface area contributed by atoms with Gasteiger partial charge in [-0.2, -0.15) is 0 Å². The summed E-state index contributed by atoms with van der Waals surface area (Å²) in [4.78, 5) is 23.4. The summed E-state index contributed by atoms with van der Waals surface area (Å²) >= 11 is 0. The summed E-state index contributed by atoms with van der Waals surface area (Å²) < 4.78 is 27.0. The van der Waals surface area contributed by atoms with Gasteiger partial charge < -0.3 is 10.4 Å². The van der Waals surface area contributed by atoms with Gasteiger partial charge in [0.05, 0.1) is 5.41 Å². The van der Waals surface area contributed by atoms with Crippen LogP contribution in [0.2, 0.25) is 0 Å². The molecular formula is C15H17F2NO3. The summed E-state index contributed by atoms with van der Waals surface area (Å²) in [5.41, 5.74) is -0.950. The minimum Gasteiger partial charge on any atom is -0.480 e. The Kier molecular flexibility index (Phi) is 4.25. The molecule has 0 aliphatic heterocycles. The quantitative estimate of drug-likeness (QED) is 0.877. The van der Waals surface area contributed by atoms with E-state index in [9.17, 15) is 18.4 Å². The lowest BCUT2D eigenvalue weighted by Crippen LogP contribution is -2.54. The van der Waals surface area contributed by atoms with Gasteiger partial charge in [-0.25, -0.2) is 13.6 Å². The molecule has 2 N–H and O–H groups in total. The first-order valence-electron chi connectivity index (χ1n) is 6.90. The molecule has 2 rings (SSSR count). The lowest BCUT2D eigenvalue weighted by Gasteiger charge is -2.41. The van der Waals surface area contributed by atoms with Gasteiger partial charge in [0.1, 0.15) is 17.7 Å². The Bertz CT molecular complexity index is 570. The first-order valence-corrected chi connectivity index (χ1v) is 6.90. The molecule has 1 unspecified atom stereocenters. The van der Waals surface area contributed by atoms with Crippen LogP contribution in [0.15, 0.2) is 18.2 Å². The maximum atomic E-state index is 14.0. The highest BCUT2D eigenvalue weighted by Gasteiger charge is 2.48.